The zero-order valence-corrected chi connectivity index (χ0v) is 13.2. The molecule has 1 rings (SSSR count). The molecule has 0 fully saturated rings. The Labute approximate surface area is 122 Å². The quantitative estimate of drug-likeness (QED) is 0.773. The Morgan fingerprint density at radius 3 is 2.53 bits per heavy atom. The topological polar surface area (TPSA) is 29.3 Å². The predicted molar refractivity (Wildman–Crippen MR) is 84.6 cm³/mol. The standard InChI is InChI=1S/C16H27ClN2/c1-4-7-11-19(6-3)16(15(18)5-2)13-9-8-10-14(17)12-13/h8-10,12,15-16H,4-7,11,18H2,1-3H3. The van der Waals surface area contributed by atoms with Gasteiger partial charge in [0.25, 0.3) is 0 Å². The van der Waals surface area contributed by atoms with Crippen molar-refractivity contribution in [3.05, 3.63) is 34.9 Å². The zero-order chi connectivity index (χ0) is 14.3. The number of rotatable bonds is 8. The van der Waals surface area contributed by atoms with Gasteiger partial charge in [0.2, 0.25) is 0 Å². The SMILES string of the molecule is CCCCN(CC)C(c1cccc(Cl)c1)C(N)CC. The highest BCUT2D eigenvalue weighted by Gasteiger charge is 2.24. The van der Waals surface area contributed by atoms with E-state index in [1.54, 1.807) is 0 Å². The van der Waals surface area contributed by atoms with Crippen molar-refractivity contribution in [1.82, 2.24) is 4.90 Å². The lowest BCUT2D eigenvalue weighted by atomic mass is 9.96. The van der Waals surface area contributed by atoms with Crippen LogP contribution in [0.5, 0.6) is 0 Å². The molecule has 0 saturated carbocycles. The van der Waals surface area contributed by atoms with Crippen LogP contribution >= 0.6 is 11.6 Å². The van der Waals surface area contributed by atoms with Gasteiger partial charge < -0.3 is 5.73 Å². The fraction of sp³-hybridized carbons (Fsp3) is 0.625. The minimum Gasteiger partial charge on any atom is -0.326 e. The number of hydrogen-bond acceptors (Lipinski definition) is 2. The molecule has 3 heteroatoms. The van der Waals surface area contributed by atoms with E-state index in [-0.39, 0.29) is 12.1 Å². The van der Waals surface area contributed by atoms with Crippen LogP contribution < -0.4 is 5.73 Å². The highest BCUT2D eigenvalue weighted by Crippen LogP contribution is 2.27. The Morgan fingerprint density at radius 2 is 2.00 bits per heavy atom. The lowest BCUT2D eigenvalue weighted by Crippen LogP contribution is -2.41. The van der Waals surface area contributed by atoms with E-state index in [1.165, 1.54) is 18.4 Å². The summed E-state index contributed by atoms with van der Waals surface area (Å²) in [7, 11) is 0. The summed E-state index contributed by atoms with van der Waals surface area (Å²) >= 11 is 6.13. The van der Waals surface area contributed by atoms with Crippen LogP contribution in [0.4, 0.5) is 0 Å². The highest BCUT2D eigenvalue weighted by molar-refractivity contribution is 6.30. The average molecular weight is 283 g/mol. The summed E-state index contributed by atoms with van der Waals surface area (Å²) in [6.45, 7) is 8.69. The lowest BCUT2D eigenvalue weighted by Gasteiger charge is -2.35. The van der Waals surface area contributed by atoms with Gasteiger partial charge in [0.15, 0.2) is 0 Å². The maximum Gasteiger partial charge on any atom is 0.0499 e. The summed E-state index contributed by atoms with van der Waals surface area (Å²) in [6, 6.07) is 8.54. The second kappa shape index (κ2) is 8.57. The van der Waals surface area contributed by atoms with Crippen LogP contribution in [-0.4, -0.2) is 24.0 Å². The van der Waals surface area contributed by atoms with Crippen molar-refractivity contribution >= 4 is 11.6 Å². The molecule has 2 nitrogen and oxygen atoms in total. The second-order valence-electron chi connectivity index (χ2n) is 5.05. The molecule has 0 spiro atoms. The molecular weight excluding hydrogens is 256 g/mol. The summed E-state index contributed by atoms with van der Waals surface area (Å²) in [5.74, 6) is 0. The molecule has 0 aliphatic carbocycles. The van der Waals surface area contributed by atoms with Gasteiger partial charge >= 0.3 is 0 Å². The normalized spacial score (nSPS) is 14.6. The molecule has 0 heterocycles. The van der Waals surface area contributed by atoms with Crippen molar-refractivity contribution in [3.8, 4) is 0 Å². The van der Waals surface area contributed by atoms with Crippen molar-refractivity contribution in [2.45, 2.75) is 52.1 Å². The van der Waals surface area contributed by atoms with Gasteiger partial charge in [0.05, 0.1) is 0 Å². The van der Waals surface area contributed by atoms with Gasteiger partial charge in [-0.15, -0.1) is 0 Å². The maximum absolute atomic E-state index is 6.36. The molecule has 0 aromatic heterocycles. The molecule has 0 radical (unpaired) electrons. The van der Waals surface area contributed by atoms with Crippen molar-refractivity contribution in [2.24, 2.45) is 5.73 Å². The van der Waals surface area contributed by atoms with Crippen LogP contribution in [0.2, 0.25) is 5.02 Å². The number of hydrogen-bond donors (Lipinski definition) is 1. The van der Waals surface area contributed by atoms with Crippen molar-refractivity contribution in [2.75, 3.05) is 13.1 Å². The van der Waals surface area contributed by atoms with E-state index in [4.69, 9.17) is 17.3 Å². The van der Waals surface area contributed by atoms with E-state index in [1.807, 2.05) is 12.1 Å². The Hall–Kier alpha value is -0.570. The van der Waals surface area contributed by atoms with Gasteiger partial charge in [0, 0.05) is 17.1 Å². The minimum absolute atomic E-state index is 0.148. The van der Waals surface area contributed by atoms with E-state index in [0.29, 0.717) is 0 Å². The fourth-order valence-electron chi connectivity index (χ4n) is 2.50. The van der Waals surface area contributed by atoms with Crippen LogP contribution in [-0.2, 0) is 0 Å². The van der Waals surface area contributed by atoms with E-state index in [9.17, 15) is 0 Å². The van der Waals surface area contributed by atoms with E-state index in [0.717, 1.165) is 24.5 Å². The summed E-state index contributed by atoms with van der Waals surface area (Å²) in [5.41, 5.74) is 7.60. The van der Waals surface area contributed by atoms with Gasteiger partial charge in [-0.2, -0.15) is 0 Å². The molecule has 108 valence electrons. The average Bonchev–Trinajstić information content (AvgIpc) is 2.42. The summed E-state index contributed by atoms with van der Waals surface area (Å²) in [4.78, 5) is 2.48. The third-order valence-corrected chi connectivity index (χ3v) is 3.90. The third-order valence-electron chi connectivity index (χ3n) is 3.67. The molecule has 1 aromatic rings. The van der Waals surface area contributed by atoms with Gasteiger partial charge in [-0.1, -0.05) is 50.9 Å². The first-order valence-electron chi connectivity index (χ1n) is 7.39. The molecule has 0 aliphatic rings. The van der Waals surface area contributed by atoms with Gasteiger partial charge in [-0.25, -0.2) is 0 Å². The molecule has 0 amide bonds. The first-order valence-corrected chi connectivity index (χ1v) is 7.76. The monoisotopic (exact) mass is 282 g/mol. The smallest absolute Gasteiger partial charge is 0.0499 e. The van der Waals surface area contributed by atoms with Crippen molar-refractivity contribution in [3.63, 3.8) is 0 Å². The highest BCUT2D eigenvalue weighted by atomic mass is 35.5. The molecular formula is C16H27ClN2. The minimum atomic E-state index is 0.148. The number of likely N-dealkylation sites (N-methyl/N-ethyl adjacent to an activating group) is 1. The van der Waals surface area contributed by atoms with Gasteiger partial charge in [-0.05, 0) is 43.6 Å². The fourth-order valence-corrected chi connectivity index (χ4v) is 2.70. The molecule has 1 aromatic carbocycles. The number of unbranched alkanes of at least 4 members (excludes halogenated alkanes) is 1. The first-order chi connectivity index (χ1) is 9.13. The second-order valence-corrected chi connectivity index (χ2v) is 5.49. The molecule has 2 unspecified atom stereocenters. The van der Waals surface area contributed by atoms with E-state index < -0.39 is 0 Å². The summed E-state index contributed by atoms with van der Waals surface area (Å²) < 4.78 is 0. The van der Waals surface area contributed by atoms with Gasteiger partial charge in [0.1, 0.15) is 0 Å². The third kappa shape index (κ3) is 4.79. The number of benzene rings is 1. The van der Waals surface area contributed by atoms with Crippen LogP contribution in [0.25, 0.3) is 0 Å². The van der Waals surface area contributed by atoms with Crippen LogP contribution in [0.15, 0.2) is 24.3 Å². The van der Waals surface area contributed by atoms with Crippen molar-refractivity contribution < 1.29 is 0 Å². The maximum atomic E-state index is 6.36. The predicted octanol–water partition coefficient (Wildman–Crippen LogP) is 4.24. The zero-order valence-electron chi connectivity index (χ0n) is 12.4. The Balaban J connectivity index is 2.98. The van der Waals surface area contributed by atoms with Crippen LogP contribution in [0, 0.1) is 0 Å². The molecule has 2 atom stereocenters. The molecule has 0 bridgehead atoms. The number of nitrogens with two attached hydrogens (primary N) is 1. The number of nitrogens with zero attached hydrogens (tertiary/aromatic N) is 1. The van der Waals surface area contributed by atoms with E-state index in [2.05, 4.69) is 37.8 Å². The Bertz CT molecular complexity index is 368. The molecule has 0 aliphatic heterocycles. The lowest BCUT2D eigenvalue weighted by molar-refractivity contribution is 0.175. The summed E-state index contributed by atoms with van der Waals surface area (Å²) in [5, 5.41) is 0.789. The van der Waals surface area contributed by atoms with Gasteiger partial charge in [-0.3, -0.25) is 4.90 Å². The van der Waals surface area contributed by atoms with Crippen molar-refractivity contribution in [1.29, 1.82) is 0 Å². The molecule has 0 saturated heterocycles. The Morgan fingerprint density at radius 1 is 1.26 bits per heavy atom. The van der Waals surface area contributed by atoms with Crippen LogP contribution in [0.1, 0.15) is 51.6 Å². The first kappa shape index (κ1) is 16.5. The summed E-state index contributed by atoms with van der Waals surface area (Å²) in [6.07, 6.45) is 3.39. The Kier molecular flexibility index (Phi) is 7.44. The van der Waals surface area contributed by atoms with Crippen LogP contribution in [0.3, 0.4) is 0 Å². The largest absolute Gasteiger partial charge is 0.326 e. The van der Waals surface area contributed by atoms with E-state index >= 15 is 0 Å². The molecule has 2 N–H and O–H groups in total. The molecule has 19 heavy (non-hydrogen) atoms. The number of halogens is 1.